The third-order valence-electron chi connectivity index (χ3n) is 1.67. The lowest BCUT2D eigenvalue weighted by atomic mass is 10.2. The highest BCUT2D eigenvalue weighted by Crippen LogP contribution is 2.01. The van der Waals surface area contributed by atoms with Crippen molar-refractivity contribution in [2.75, 3.05) is 0 Å². The standard InChI is InChI=1S/C10H12FN3O/c1-7(12)14-10(15)13-6-8-2-4-9(11)5-3-8/h2-5H,6H2,1H3,(H3,12,13,14,15). The van der Waals surface area contributed by atoms with Crippen molar-refractivity contribution in [1.82, 2.24) is 10.6 Å². The highest BCUT2D eigenvalue weighted by molar-refractivity contribution is 5.94. The maximum atomic E-state index is 12.5. The van der Waals surface area contributed by atoms with E-state index in [9.17, 15) is 9.18 Å². The largest absolute Gasteiger partial charge is 0.334 e. The van der Waals surface area contributed by atoms with Crippen LogP contribution in [0.15, 0.2) is 24.3 Å². The second-order valence-corrected chi connectivity index (χ2v) is 3.06. The number of carbonyl (C=O) groups is 1. The molecule has 0 aromatic heterocycles. The molecule has 0 fully saturated rings. The number of amides is 2. The van der Waals surface area contributed by atoms with Crippen LogP contribution in [0.3, 0.4) is 0 Å². The minimum atomic E-state index is -0.438. The molecule has 0 atom stereocenters. The molecular weight excluding hydrogens is 197 g/mol. The van der Waals surface area contributed by atoms with Gasteiger partial charge in [0.2, 0.25) is 0 Å². The maximum Gasteiger partial charge on any atom is 0.320 e. The van der Waals surface area contributed by atoms with E-state index < -0.39 is 6.03 Å². The van der Waals surface area contributed by atoms with E-state index in [0.717, 1.165) is 5.56 Å². The van der Waals surface area contributed by atoms with Gasteiger partial charge in [-0.3, -0.25) is 10.7 Å². The van der Waals surface area contributed by atoms with E-state index in [0.29, 0.717) is 6.54 Å². The molecule has 0 aliphatic carbocycles. The third kappa shape index (κ3) is 4.21. The van der Waals surface area contributed by atoms with Crippen molar-refractivity contribution < 1.29 is 9.18 Å². The van der Waals surface area contributed by atoms with Gasteiger partial charge in [-0.25, -0.2) is 9.18 Å². The molecule has 15 heavy (non-hydrogen) atoms. The van der Waals surface area contributed by atoms with Crippen LogP contribution >= 0.6 is 0 Å². The molecule has 3 N–H and O–H groups in total. The molecule has 0 bridgehead atoms. The van der Waals surface area contributed by atoms with Gasteiger partial charge in [-0.2, -0.15) is 0 Å². The molecule has 4 nitrogen and oxygen atoms in total. The summed E-state index contributed by atoms with van der Waals surface area (Å²) in [5.74, 6) is -0.231. The molecule has 1 rings (SSSR count). The molecule has 0 aliphatic heterocycles. The van der Waals surface area contributed by atoms with E-state index >= 15 is 0 Å². The minimum absolute atomic E-state index is 0.0756. The molecule has 0 unspecified atom stereocenters. The van der Waals surface area contributed by atoms with Crippen molar-refractivity contribution in [3.8, 4) is 0 Å². The van der Waals surface area contributed by atoms with Crippen LogP contribution in [-0.2, 0) is 6.54 Å². The molecular formula is C10H12FN3O. The lowest BCUT2D eigenvalue weighted by Crippen LogP contribution is -2.37. The van der Waals surface area contributed by atoms with Gasteiger partial charge >= 0.3 is 6.03 Å². The summed E-state index contributed by atoms with van der Waals surface area (Å²) in [5.41, 5.74) is 0.800. The number of hydrogen-bond donors (Lipinski definition) is 3. The van der Waals surface area contributed by atoms with Crippen LogP contribution in [0.5, 0.6) is 0 Å². The highest BCUT2D eigenvalue weighted by Gasteiger charge is 2.00. The van der Waals surface area contributed by atoms with Crippen molar-refractivity contribution >= 4 is 11.9 Å². The number of urea groups is 1. The monoisotopic (exact) mass is 209 g/mol. The molecule has 80 valence electrons. The fraction of sp³-hybridized carbons (Fsp3) is 0.200. The summed E-state index contributed by atoms with van der Waals surface area (Å²) in [6, 6.07) is 5.40. The summed E-state index contributed by atoms with van der Waals surface area (Å²) >= 11 is 0. The fourth-order valence-corrected chi connectivity index (χ4v) is 0.999. The van der Waals surface area contributed by atoms with Crippen LogP contribution in [0.4, 0.5) is 9.18 Å². The van der Waals surface area contributed by atoms with Crippen molar-refractivity contribution in [3.05, 3.63) is 35.6 Å². The lowest BCUT2D eigenvalue weighted by Gasteiger charge is -2.05. The van der Waals surface area contributed by atoms with Gasteiger partial charge < -0.3 is 5.32 Å². The van der Waals surface area contributed by atoms with Crippen molar-refractivity contribution in [2.24, 2.45) is 0 Å². The Morgan fingerprint density at radius 1 is 1.40 bits per heavy atom. The van der Waals surface area contributed by atoms with E-state index in [-0.39, 0.29) is 11.7 Å². The maximum absolute atomic E-state index is 12.5. The average molecular weight is 209 g/mol. The highest BCUT2D eigenvalue weighted by atomic mass is 19.1. The predicted octanol–water partition coefficient (Wildman–Crippen LogP) is 1.62. The molecule has 2 amide bonds. The SMILES string of the molecule is CC(=N)NC(=O)NCc1ccc(F)cc1. The first-order chi connectivity index (χ1) is 7.08. The first kappa shape index (κ1) is 11.2. The van der Waals surface area contributed by atoms with Crippen LogP contribution in [0.2, 0.25) is 0 Å². The Morgan fingerprint density at radius 3 is 2.53 bits per heavy atom. The fourth-order valence-electron chi connectivity index (χ4n) is 0.999. The Kier molecular flexibility index (Phi) is 3.79. The first-order valence-corrected chi connectivity index (χ1v) is 4.42. The Morgan fingerprint density at radius 2 is 2.00 bits per heavy atom. The van der Waals surface area contributed by atoms with Crippen molar-refractivity contribution in [1.29, 1.82) is 5.41 Å². The quantitative estimate of drug-likeness (QED) is 0.503. The van der Waals surface area contributed by atoms with Crippen molar-refractivity contribution in [2.45, 2.75) is 13.5 Å². The second kappa shape index (κ2) is 5.09. The van der Waals surface area contributed by atoms with Gasteiger partial charge in [0, 0.05) is 6.54 Å². The number of hydrogen-bond acceptors (Lipinski definition) is 2. The van der Waals surface area contributed by atoms with Crippen LogP contribution in [0.1, 0.15) is 12.5 Å². The summed E-state index contributed by atoms with van der Waals surface area (Å²) in [6.07, 6.45) is 0. The number of carbonyl (C=O) groups excluding carboxylic acids is 1. The van der Waals surface area contributed by atoms with Gasteiger partial charge in [0.15, 0.2) is 0 Å². The molecule has 1 aromatic rings. The number of nitrogens with one attached hydrogen (secondary N) is 3. The zero-order valence-electron chi connectivity index (χ0n) is 8.30. The number of rotatable bonds is 2. The van der Waals surface area contributed by atoms with Gasteiger partial charge in [0.1, 0.15) is 5.82 Å². The van der Waals surface area contributed by atoms with Crippen LogP contribution in [-0.4, -0.2) is 11.9 Å². The number of halogens is 1. The average Bonchev–Trinajstić information content (AvgIpc) is 2.16. The summed E-state index contributed by atoms with van der Waals surface area (Å²) in [7, 11) is 0. The molecule has 5 heteroatoms. The summed E-state index contributed by atoms with van der Waals surface area (Å²) in [5, 5.41) is 11.8. The Labute approximate surface area is 87.0 Å². The Balaban J connectivity index is 2.40. The van der Waals surface area contributed by atoms with Crippen LogP contribution in [0, 0.1) is 11.2 Å². The van der Waals surface area contributed by atoms with E-state index in [4.69, 9.17) is 5.41 Å². The molecule has 0 aliphatic rings. The predicted molar refractivity (Wildman–Crippen MR) is 55.2 cm³/mol. The second-order valence-electron chi connectivity index (χ2n) is 3.06. The van der Waals surface area contributed by atoms with Gasteiger partial charge in [-0.1, -0.05) is 12.1 Å². The zero-order valence-corrected chi connectivity index (χ0v) is 8.30. The Hall–Kier alpha value is -1.91. The third-order valence-corrected chi connectivity index (χ3v) is 1.67. The normalized spacial score (nSPS) is 9.47. The summed E-state index contributed by atoms with van der Waals surface area (Å²) in [4.78, 5) is 11.1. The number of benzene rings is 1. The smallest absolute Gasteiger partial charge is 0.320 e. The molecule has 0 saturated carbocycles. The molecule has 0 heterocycles. The van der Waals surface area contributed by atoms with Crippen LogP contribution < -0.4 is 10.6 Å². The van der Waals surface area contributed by atoms with E-state index in [1.807, 2.05) is 0 Å². The molecule has 0 radical (unpaired) electrons. The number of amidine groups is 1. The molecule has 1 aromatic carbocycles. The summed E-state index contributed by atoms with van der Waals surface area (Å²) < 4.78 is 12.5. The Bertz CT molecular complexity index is 361. The summed E-state index contributed by atoms with van der Waals surface area (Å²) in [6.45, 7) is 1.77. The van der Waals surface area contributed by atoms with Crippen molar-refractivity contribution in [3.63, 3.8) is 0 Å². The zero-order chi connectivity index (χ0) is 11.3. The van der Waals surface area contributed by atoms with E-state index in [1.165, 1.54) is 19.1 Å². The molecule has 0 saturated heterocycles. The van der Waals surface area contributed by atoms with E-state index in [1.54, 1.807) is 12.1 Å². The van der Waals surface area contributed by atoms with Gasteiger partial charge in [0.25, 0.3) is 0 Å². The van der Waals surface area contributed by atoms with E-state index in [2.05, 4.69) is 10.6 Å². The van der Waals surface area contributed by atoms with Gasteiger partial charge in [-0.05, 0) is 24.6 Å². The topological polar surface area (TPSA) is 65.0 Å². The van der Waals surface area contributed by atoms with Gasteiger partial charge in [0.05, 0.1) is 5.84 Å². The lowest BCUT2D eigenvalue weighted by molar-refractivity contribution is 0.245. The van der Waals surface area contributed by atoms with Crippen LogP contribution in [0.25, 0.3) is 0 Å². The first-order valence-electron chi connectivity index (χ1n) is 4.42. The van der Waals surface area contributed by atoms with Gasteiger partial charge in [-0.15, -0.1) is 0 Å². The molecule has 0 spiro atoms. The minimum Gasteiger partial charge on any atom is -0.334 e.